The minimum atomic E-state index is 0.374. The molecule has 0 aliphatic heterocycles. The third kappa shape index (κ3) is 1.86. The van der Waals surface area contributed by atoms with Gasteiger partial charge in [0.05, 0.1) is 6.04 Å². The molecule has 0 unspecified atom stereocenters. The fourth-order valence-electron chi connectivity index (χ4n) is 4.03. The van der Waals surface area contributed by atoms with Crippen LogP contribution in [0, 0.1) is 11.3 Å². The van der Waals surface area contributed by atoms with Crippen molar-refractivity contribution in [2.75, 3.05) is 0 Å². The van der Waals surface area contributed by atoms with Gasteiger partial charge in [-0.25, -0.2) is 0 Å². The maximum absolute atomic E-state index is 11.5. The molecule has 0 N–H and O–H groups in total. The first-order valence-electron chi connectivity index (χ1n) is 7.28. The molecule has 2 saturated carbocycles. The van der Waals surface area contributed by atoms with Crippen LogP contribution in [0.15, 0.2) is 16.1 Å². The highest BCUT2D eigenvalue weighted by molar-refractivity contribution is 6.04. The molecule has 98 valence electrons. The second kappa shape index (κ2) is 4.04. The average Bonchev–Trinajstić information content (AvgIpc) is 2.86. The molecule has 3 rings (SSSR count). The summed E-state index contributed by atoms with van der Waals surface area (Å²) in [5.74, 6) is 1.20. The van der Waals surface area contributed by atoms with Crippen molar-refractivity contribution in [1.82, 2.24) is 0 Å². The van der Waals surface area contributed by atoms with Crippen molar-refractivity contribution < 1.29 is 4.79 Å². The molecule has 2 atom stereocenters. The van der Waals surface area contributed by atoms with Crippen LogP contribution in [0.25, 0.3) is 0 Å². The number of hydrogen-bond acceptors (Lipinski definition) is 2. The molecule has 18 heavy (non-hydrogen) atoms. The number of Topliss-reactive ketones (excluding diaryl/α,β-unsaturated/α-hetero) is 1. The summed E-state index contributed by atoms with van der Waals surface area (Å²) in [5, 5.41) is 0. The largest absolute Gasteiger partial charge is 0.299 e. The minimum absolute atomic E-state index is 0.374. The van der Waals surface area contributed by atoms with E-state index in [0.717, 1.165) is 30.9 Å². The predicted molar refractivity (Wildman–Crippen MR) is 73.9 cm³/mol. The maximum atomic E-state index is 11.5. The van der Waals surface area contributed by atoms with Crippen LogP contribution in [-0.2, 0) is 4.79 Å². The molecule has 0 spiro atoms. The molecule has 0 radical (unpaired) electrons. The first-order valence-corrected chi connectivity index (χ1v) is 7.28. The van der Waals surface area contributed by atoms with Gasteiger partial charge in [-0.1, -0.05) is 19.4 Å². The Labute approximate surface area is 110 Å². The van der Waals surface area contributed by atoms with E-state index in [1.165, 1.54) is 18.4 Å². The van der Waals surface area contributed by atoms with Crippen molar-refractivity contribution in [3.63, 3.8) is 0 Å². The Morgan fingerprint density at radius 1 is 1.22 bits per heavy atom. The van der Waals surface area contributed by atoms with Gasteiger partial charge >= 0.3 is 0 Å². The molecular formula is C16H23NO. The number of carbonyl (C=O) groups is 1. The topological polar surface area (TPSA) is 29.4 Å². The van der Waals surface area contributed by atoms with Crippen molar-refractivity contribution in [1.29, 1.82) is 0 Å². The van der Waals surface area contributed by atoms with E-state index in [2.05, 4.69) is 20.8 Å². The van der Waals surface area contributed by atoms with Crippen molar-refractivity contribution in [3.8, 4) is 0 Å². The van der Waals surface area contributed by atoms with Crippen LogP contribution in [0.2, 0.25) is 0 Å². The summed E-state index contributed by atoms with van der Waals surface area (Å²) in [4.78, 5) is 16.4. The average molecular weight is 245 g/mol. The molecule has 0 heterocycles. The molecule has 0 bridgehead atoms. The van der Waals surface area contributed by atoms with Crippen LogP contribution in [-0.4, -0.2) is 17.5 Å². The summed E-state index contributed by atoms with van der Waals surface area (Å²) in [6.45, 7) is 6.97. The van der Waals surface area contributed by atoms with Crippen molar-refractivity contribution in [2.24, 2.45) is 16.3 Å². The highest BCUT2D eigenvalue weighted by atomic mass is 16.1. The third-order valence-corrected chi connectivity index (χ3v) is 5.14. The van der Waals surface area contributed by atoms with Crippen LogP contribution in [0.5, 0.6) is 0 Å². The number of allylic oxidation sites excluding steroid dienone is 1. The molecule has 2 heteroatoms. The second-order valence-electron chi connectivity index (χ2n) is 6.73. The van der Waals surface area contributed by atoms with Gasteiger partial charge < -0.3 is 0 Å². The Bertz CT molecular complexity index is 456. The van der Waals surface area contributed by atoms with Gasteiger partial charge in [-0.15, -0.1) is 0 Å². The molecule has 0 aromatic heterocycles. The van der Waals surface area contributed by atoms with E-state index in [4.69, 9.17) is 4.99 Å². The van der Waals surface area contributed by atoms with E-state index >= 15 is 0 Å². The molecule has 2 fully saturated rings. The molecular weight excluding hydrogens is 222 g/mol. The smallest absolute Gasteiger partial charge is 0.138 e. The lowest BCUT2D eigenvalue weighted by Gasteiger charge is -2.20. The lowest BCUT2D eigenvalue weighted by atomic mass is 9.93. The summed E-state index contributed by atoms with van der Waals surface area (Å²) < 4.78 is 0. The summed E-state index contributed by atoms with van der Waals surface area (Å²) >= 11 is 0. The Hall–Kier alpha value is -0.920. The highest BCUT2D eigenvalue weighted by Gasteiger charge is 2.55. The van der Waals surface area contributed by atoms with Crippen molar-refractivity contribution in [2.45, 2.75) is 65.3 Å². The summed E-state index contributed by atoms with van der Waals surface area (Å²) in [7, 11) is 0. The number of hydrogen-bond donors (Lipinski definition) is 0. The van der Waals surface area contributed by atoms with E-state index in [1.807, 2.05) is 0 Å². The van der Waals surface area contributed by atoms with Gasteiger partial charge in [0.2, 0.25) is 0 Å². The predicted octanol–water partition coefficient (Wildman–Crippen LogP) is 3.71. The Morgan fingerprint density at radius 3 is 2.72 bits per heavy atom. The summed E-state index contributed by atoms with van der Waals surface area (Å²) in [6.07, 6.45) is 5.90. The van der Waals surface area contributed by atoms with Gasteiger partial charge in [-0.2, -0.15) is 0 Å². The Morgan fingerprint density at radius 2 is 2.00 bits per heavy atom. The molecule has 0 aromatic carbocycles. The van der Waals surface area contributed by atoms with Gasteiger partial charge in [0.1, 0.15) is 5.78 Å². The molecule has 3 aliphatic rings. The van der Waals surface area contributed by atoms with Crippen LogP contribution < -0.4 is 0 Å². The zero-order chi connectivity index (χ0) is 12.9. The van der Waals surface area contributed by atoms with E-state index in [1.54, 1.807) is 5.57 Å². The summed E-state index contributed by atoms with van der Waals surface area (Å²) in [6, 6.07) is 0.374. The van der Waals surface area contributed by atoms with Crippen LogP contribution in [0.3, 0.4) is 0 Å². The normalized spacial score (nSPS) is 36.8. The molecule has 0 saturated heterocycles. The monoisotopic (exact) mass is 245 g/mol. The first kappa shape index (κ1) is 12.1. The minimum Gasteiger partial charge on any atom is -0.299 e. The van der Waals surface area contributed by atoms with Gasteiger partial charge in [-0.05, 0) is 49.5 Å². The lowest BCUT2D eigenvalue weighted by molar-refractivity contribution is -0.118. The molecule has 0 aromatic rings. The van der Waals surface area contributed by atoms with Gasteiger partial charge in [0.15, 0.2) is 0 Å². The number of nitrogens with zero attached hydrogens (tertiary/aromatic N) is 1. The molecule has 3 aliphatic carbocycles. The highest BCUT2D eigenvalue weighted by Crippen LogP contribution is 2.64. The zero-order valence-electron chi connectivity index (χ0n) is 11.8. The number of carbonyl (C=O) groups excluding carboxylic acids is 1. The first-order chi connectivity index (χ1) is 8.50. The van der Waals surface area contributed by atoms with E-state index < -0.39 is 0 Å². The van der Waals surface area contributed by atoms with Gasteiger partial charge in [0, 0.05) is 18.6 Å². The zero-order valence-corrected chi connectivity index (χ0v) is 11.8. The lowest BCUT2D eigenvalue weighted by Crippen LogP contribution is -2.19. The standard InChI is InChI=1S/C16H23NO/c1-10-14(8-7-13-15(10)16(13,2)3)17-11-5-4-6-12(18)9-11/h13-14H,4-9H2,1-3H3/t13-,14+/m1/s1. The van der Waals surface area contributed by atoms with Crippen LogP contribution in [0.4, 0.5) is 0 Å². The molecule has 0 amide bonds. The van der Waals surface area contributed by atoms with Gasteiger partial charge in [0.25, 0.3) is 0 Å². The quantitative estimate of drug-likeness (QED) is 0.648. The van der Waals surface area contributed by atoms with Crippen molar-refractivity contribution >= 4 is 11.5 Å². The van der Waals surface area contributed by atoms with E-state index in [9.17, 15) is 4.79 Å². The number of rotatable bonds is 1. The van der Waals surface area contributed by atoms with Gasteiger partial charge in [-0.3, -0.25) is 9.79 Å². The number of aliphatic imine (C=N–C) groups is 1. The van der Waals surface area contributed by atoms with Crippen LogP contribution in [0.1, 0.15) is 59.3 Å². The second-order valence-corrected chi connectivity index (χ2v) is 6.73. The fraction of sp³-hybridized carbons (Fsp3) is 0.750. The fourth-order valence-corrected chi connectivity index (χ4v) is 4.03. The summed E-state index contributed by atoms with van der Waals surface area (Å²) in [5.41, 5.74) is 4.75. The molecule has 2 nitrogen and oxygen atoms in total. The van der Waals surface area contributed by atoms with E-state index in [0.29, 0.717) is 23.7 Å². The van der Waals surface area contributed by atoms with E-state index in [-0.39, 0.29) is 0 Å². The Balaban J connectivity index is 1.80. The Kier molecular flexibility index (Phi) is 2.72. The van der Waals surface area contributed by atoms with Crippen LogP contribution >= 0.6 is 0 Å². The number of fused-ring (bicyclic) bond motifs is 1. The van der Waals surface area contributed by atoms with Crippen molar-refractivity contribution in [3.05, 3.63) is 11.1 Å². The SMILES string of the molecule is CC1=C2[C@@H](CC[C@@H]1N=C1CCCC(=O)C1)C2(C)C. The third-order valence-electron chi connectivity index (χ3n) is 5.14. The maximum Gasteiger partial charge on any atom is 0.138 e. The number of ketones is 1.